The average Bonchev–Trinajstić information content (AvgIpc) is 1.03. The van der Waals surface area contributed by atoms with Crippen LogP contribution in [0.4, 0.5) is 84.7 Å². The number of carboxylic acids is 2. The van der Waals surface area contributed by atoms with E-state index < -0.39 is 84.7 Å². The highest BCUT2D eigenvalue weighted by atomic mass is 35.5. The summed E-state index contributed by atoms with van der Waals surface area (Å²) in [6.45, 7) is 1.65. The molecule has 3 aliphatic rings. The van der Waals surface area contributed by atoms with E-state index in [0.29, 0.717) is 49.8 Å². The molecule has 4 N–H and O–H groups in total. The van der Waals surface area contributed by atoms with Crippen LogP contribution in [0.15, 0.2) is 170 Å². The Balaban J connectivity index is 0.000000236. The van der Waals surface area contributed by atoms with E-state index in [1.54, 1.807) is 12.1 Å². The lowest BCUT2D eigenvalue weighted by atomic mass is 9.88. The van der Waals surface area contributed by atoms with Crippen LogP contribution < -0.4 is 33.7 Å². The van der Waals surface area contributed by atoms with Gasteiger partial charge in [-0.1, -0.05) is 91.0 Å². The fourth-order valence-corrected chi connectivity index (χ4v) is 12.2. The fraction of sp³-hybridized carbons (Fsp3) is 0.291. The number of esters is 2. The zero-order valence-electron chi connectivity index (χ0n) is 66.9. The second-order valence-electron chi connectivity index (χ2n) is 27.3. The predicted molar refractivity (Wildman–Crippen MR) is 421 cm³/mol. The summed E-state index contributed by atoms with van der Waals surface area (Å²) in [7, 11) is 0. The van der Waals surface area contributed by atoms with Crippen LogP contribution in [0.2, 0.25) is 0 Å². The van der Waals surface area contributed by atoms with E-state index in [2.05, 4.69) is 48.2 Å². The number of carboxylic acid groups (broad SMARTS) is 2. The number of benzene rings is 8. The molecule has 0 fully saturated rings. The number of fused-ring (bicyclic) bond motifs is 6. The molecule has 0 spiro atoms. The lowest BCUT2D eigenvalue weighted by Crippen LogP contribution is -2.17. The maximum atomic E-state index is 12.3. The van der Waals surface area contributed by atoms with Crippen LogP contribution in [0.1, 0.15) is 122 Å². The summed E-state index contributed by atoms with van der Waals surface area (Å²) in [5.74, 6) is -7.81. The van der Waals surface area contributed by atoms with Crippen LogP contribution in [0.5, 0.6) is 40.2 Å². The van der Waals surface area contributed by atoms with Gasteiger partial charge in [0.2, 0.25) is 5.24 Å². The Morgan fingerprint density at radius 2 is 0.713 bits per heavy atom. The van der Waals surface area contributed by atoms with E-state index in [1.807, 2.05) is 12.1 Å². The molecule has 23 nitrogen and oxygen atoms in total. The van der Waals surface area contributed by atoms with Gasteiger partial charge in [-0.15, -0.1) is 90.6 Å². The van der Waals surface area contributed by atoms with Crippen LogP contribution in [0, 0.1) is 0 Å². The third-order valence-corrected chi connectivity index (χ3v) is 17.6. The SMILES string of the molecule is CC(=O)OCC(=O)Cc1ccc(OC(F)(F)F)cc1.CC(=O)OCC(=O)Cc1ccc(OC(F)(F)F)cc1.O=C(CCl)Cc1ccc(OC(F)(F)F)cc1.O=C(Cl)Cc1ccc(OC(F)(F)F)cc1.O=C(O)Cc1ccc(OC(F)(F)F)cc1.O=C(O)c1c(O)c(Cc2ccc(OC(F)(F)F)cc2)nc2c3c(ccc12)CCCC3.O=C1Nc2c(ccc3c2CCCC3)C1=O. The minimum absolute atomic E-state index is 0.0200. The summed E-state index contributed by atoms with van der Waals surface area (Å²) in [6.07, 6.45) is -20.4. The Hall–Kier alpha value is -13.2. The van der Waals surface area contributed by atoms with Gasteiger partial charge in [0, 0.05) is 51.3 Å². The maximum absolute atomic E-state index is 12.3. The predicted octanol–water partition coefficient (Wildman–Crippen LogP) is 19.3. The molecular formula is C86H72Cl2F18N2O21. The van der Waals surface area contributed by atoms with Gasteiger partial charge in [0.25, 0.3) is 11.7 Å². The van der Waals surface area contributed by atoms with Gasteiger partial charge in [0.15, 0.2) is 23.1 Å². The number of hydrogen-bond donors (Lipinski definition) is 4. The first kappa shape index (κ1) is 105. The lowest BCUT2D eigenvalue weighted by molar-refractivity contribution is -0.275. The zero-order chi connectivity index (χ0) is 95.9. The number of aliphatic carboxylic acids is 1. The molecule has 0 unspecified atom stereocenters. The van der Waals surface area contributed by atoms with Crippen LogP contribution in [0.3, 0.4) is 0 Å². The molecule has 0 saturated carbocycles. The van der Waals surface area contributed by atoms with Crippen molar-refractivity contribution in [2.45, 2.75) is 142 Å². The van der Waals surface area contributed by atoms with Gasteiger partial charge in [-0.25, -0.2) is 9.78 Å². The number of aromatic carboxylic acids is 1. The quantitative estimate of drug-likeness (QED) is 0.0144. The first-order valence-electron chi connectivity index (χ1n) is 37.4. The molecule has 0 radical (unpaired) electrons. The molecule has 2 aliphatic carbocycles. The van der Waals surface area contributed by atoms with Crippen molar-refractivity contribution in [1.29, 1.82) is 0 Å². The van der Waals surface area contributed by atoms with Gasteiger partial charge in [-0.2, -0.15) is 0 Å². The van der Waals surface area contributed by atoms with E-state index in [4.69, 9.17) is 28.3 Å². The van der Waals surface area contributed by atoms with E-state index in [0.717, 1.165) is 122 Å². The number of carbonyl (C=O) groups is 10. The number of rotatable bonds is 24. The van der Waals surface area contributed by atoms with Gasteiger partial charge in [-0.05, 0) is 197 Å². The van der Waals surface area contributed by atoms with Crippen molar-refractivity contribution in [3.05, 3.63) is 242 Å². The normalized spacial score (nSPS) is 12.6. The summed E-state index contributed by atoms with van der Waals surface area (Å²) in [4.78, 5) is 115. The number of Topliss-reactive ketones (excluding diaryl/α,β-unsaturated/α-hetero) is 4. The number of carbonyl (C=O) groups excluding carboxylic acids is 8. The number of alkyl halides is 19. The van der Waals surface area contributed by atoms with Crippen molar-refractivity contribution < 1.29 is 180 Å². The monoisotopic (exact) mass is 1880 g/mol. The standard InChI is InChI=1S/C22H18F3NO4.2C12H11F3O4.C12H11NO2.C10H8ClF3O2.C9H6ClF3O2.C9H7F3O3/c23-22(24,25)30-14-8-5-12(6-9-14)11-17-20(27)18(21(28)29)16-10-7-13-3-1-2-4-15(13)19(16)26-17;2*1-8(16)18-7-10(17)6-9-2-4-11(5-3-9)19-12(13,14)15;14-11-9-6-5-7-3-1-2-4-8(7)10(9)13-12(11)15;11-6-8(15)5-7-1-3-9(4-2-7)16-10(12,13)14;10-8(14)5-6-1-3-7(4-2-6)15-9(11,12)13;10-9(11,12)15-7-3-1-6(2-4-7)5-8(13)14/h5-10,27H,1-4,11H2,(H,28,29);2*2-5H,6-7H2,1H3;5-6H,1-4H2,(H,13,14,15);1-4H,5-6H2;1-4H,5H2;1-4H,5H2,(H,13,14). The first-order valence-corrected chi connectivity index (χ1v) is 38.3. The minimum Gasteiger partial charge on any atom is -0.505 e. The van der Waals surface area contributed by atoms with Crippen LogP contribution in [-0.2, 0) is 112 Å². The summed E-state index contributed by atoms with van der Waals surface area (Å²) in [6, 6.07) is 37.1. The second-order valence-corrected chi connectivity index (χ2v) is 28.0. The van der Waals surface area contributed by atoms with Crippen molar-refractivity contribution in [1.82, 2.24) is 4.98 Å². The summed E-state index contributed by atoms with van der Waals surface area (Å²) in [5.41, 5.74) is 9.57. The van der Waals surface area contributed by atoms with Crippen LogP contribution >= 0.6 is 23.2 Å². The van der Waals surface area contributed by atoms with E-state index in [-0.39, 0.29) is 121 Å². The lowest BCUT2D eigenvalue weighted by Gasteiger charge is -2.19. The number of ether oxygens (including phenoxy) is 8. The number of nitrogens with zero attached hydrogens (tertiary/aromatic N) is 1. The van der Waals surface area contributed by atoms with Crippen molar-refractivity contribution in [3.8, 4) is 40.2 Å². The topological polar surface area (TPSA) is 330 Å². The second kappa shape index (κ2) is 47.6. The summed E-state index contributed by atoms with van der Waals surface area (Å²) < 4.78 is 245. The zero-order valence-corrected chi connectivity index (χ0v) is 68.4. The molecule has 129 heavy (non-hydrogen) atoms. The maximum Gasteiger partial charge on any atom is 0.573 e. The number of anilines is 1. The molecule has 0 bridgehead atoms. The number of ketones is 4. The molecule has 43 heteroatoms. The number of amides is 1. The van der Waals surface area contributed by atoms with Gasteiger partial charge < -0.3 is 58.5 Å². The van der Waals surface area contributed by atoms with Gasteiger partial charge in [0.05, 0.1) is 34.8 Å². The third-order valence-electron chi connectivity index (χ3n) is 17.2. The number of aromatic nitrogens is 1. The van der Waals surface area contributed by atoms with E-state index in [1.165, 1.54) is 116 Å². The van der Waals surface area contributed by atoms with Gasteiger partial charge >= 0.3 is 62.1 Å². The summed E-state index contributed by atoms with van der Waals surface area (Å²) in [5, 5.41) is 31.2. The van der Waals surface area contributed by atoms with Gasteiger partial charge in [0.1, 0.15) is 53.3 Å². The molecule has 2 heterocycles. The number of aromatic hydroxyl groups is 1. The first-order chi connectivity index (χ1) is 60.2. The molecule has 12 rings (SSSR count). The molecule has 9 aromatic rings. The minimum atomic E-state index is -4.78. The van der Waals surface area contributed by atoms with Gasteiger partial charge in [-0.3, -0.25) is 43.2 Å². The number of aryl methyl sites for hydroxylation is 3. The number of nitrogens with one attached hydrogen (secondary N) is 1. The average molecular weight is 1880 g/mol. The van der Waals surface area contributed by atoms with E-state index in [9.17, 15) is 137 Å². The Kier molecular flexibility index (Phi) is 38.5. The molecule has 0 atom stereocenters. The van der Waals surface area contributed by atoms with Crippen LogP contribution in [0.25, 0.3) is 10.9 Å². The Bertz CT molecular complexity index is 5200. The smallest absolute Gasteiger partial charge is 0.505 e. The van der Waals surface area contributed by atoms with Crippen molar-refractivity contribution in [2.24, 2.45) is 0 Å². The van der Waals surface area contributed by atoms with Crippen LogP contribution in [-0.4, -0.2) is 136 Å². The van der Waals surface area contributed by atoms with E-state index >= 15 is 0 Å². The highest BCUT2D eigenvalue weighted by molar-refractivity contribution is 6.63. The summed E-state index contributed by atoms with van der Waals surface area (Å²) >= 11 is 10.4. The highest BCUT2D eigenvalue weighted by Crippen LogP contribution is 2.38. The number of pyridine rings is 1. The van der Waals surface area contributed by atoms with Crippen molar-refractivity contribution >= 4 is 98.0 Å². The molecule has 1 amide bonds. The number of halogens is 20. The molecule has 8 aromatic carbocycles. The third kappa shape index (κ3) is 39.3. The van der Waals surface area contributed by atoms with Crippen molar-refractivity contribution in [2.75, 3.05) is 24.4 Å². The molecule has 0 saturated heterocycles. The Labute approximate surface area is 729 Å². The largest absolute Gasteiger partial charge is 0.573 e. The Morgan fingerprint density at radius 3 is 1.04 bits per heavy atom. The van der Waals surface area contributed by atoms with Crippen molar-refractivity contribution in [3.63, 3.8) is 0 Å². The number of hydrogen-bond acceptors (Lipinski definition) is 20. The molecular weight excluding hydrogens is 1810 g/mol. The highest BCUT2D eigenvalue weighted by Gasteiger charge is 2.37. The Morgan fingerprint density at radius 1 is 0.403 bits per heavy atom. The molecule has 1 aromatic heterocycles. The molecule has 692 valence electrons. The molecule has 1 aliphatic heterocycles. The fourth-order valence-electron chi connectivity index (χ4n) is 12.0.